The molecule has 7 nitrogen and oxygen atoms in total. The first kappa shape index (κ1) is 21.6. The number of rotatable bonds is 6. The molecule has 0 bridgehead atoms. The molecule has 1 N–H and O–H groups in total. The van der Waals surface area contributed by atoms with Crippen LogP contribution in [0.4, 0.5) is 20.6 Å². The number of carboxylic acids is 1. The molecule has 2 heterocycles. The number of anilines is 2. The molecule has 32 heavy (non-hydrogen) atoms. The second-order valence-electron chi connectivity index (χ2n) is 7.26. The summed E-state index contributed by atoms with van der Waals surface area (Å²) in [5.74, 6) is -1.20. The third-order valence-corrected chi connectivity index (χ3v) is 5.49. The molecule has 3 aromatic rings. The number of nitrogens with zero attached hydrogens (tertiary/aromatic N) is 3. The predicted molar refractivity (Wildman–Crippen MR) is 118 cm³/mol. The fraction of sp³-hybridized carbons (Fsp3) is 0.174. The van der Waals surface area contributed by atoms with Crippen molar-refractivity contribution in [2.45, 2.75) is 20.1 Å². The smallest absolute Gasteiger partial charge is 0.329 e. The van der Waals surface area contributed by atoms with Crippen LogP contribution in [0.15, 0.2) is 54.7 Å². The molecule has 9 heteroatoms. The summed E-state index contributed by atoms with van der Waals surface area (Å²) >= 11 is 6.37. The monoisotopic (exact) mass is 455 g/mol. The molecular weight excluding hydrogens is 437 g/mol. The molecule has 2 amide bonds. The second-order valence-corrected chi connectivity index (χ2v) is 7.66. The van der Waals surface area contributed by atoms with Crippen molar-refractivity contribution in [3.05, 3.63) is 82.4 Å². The first-order valence-corrected chi connectivity index (χ1v) is 10.1. The van der Waals surface area contributed by atoms with Crippen molar-refractivity contribution in [3.63, 3.8) is 0 Å². The van der Waals surface area contributed by atoms with Crippen molar-refractivity contribution < 1.29 is 23.8 Å². The minimum atomic E-state index is -1.14. The zero-order valence-electron chi connectivity index (χ0n) is 17.1. The molecule has 2 aromatic carbocycles. The van der Waals surface area contributed by atoms with E-state index in [1.54, 1.807) is 36.4 Å². The molecule has 4 rings (SSSR count). The lowest BCUT2D eigenvalue weighted by Crippen LogP contribution is -2.49. The number of carboxylic acid groups (broad SMARTS) is 1. The zero-order chi connectivity index (χ0) is 22.8. The van der Waals surface area contributed by atoms with E-state index in [-0.39, 0.29) is 18.8 Å². The predicted octanol–water partition coefficient (Wildman–Crippen LogP) is 4.79. The number of aromatic nitrogens is 1. The number of urea groups is 1. The van der Waals surface area contributed by atoms with Crippen LogP contribution in [0, 0.1) is 12.7 Å². The van der Waals surface area contributed by atoms with E-state index in [2.05, 4.69) is 4.98 Å². The molecule has 1 aliphatic rings. The van der Waals surface area contributed by atoms with Crippen LogP contribution in [-0.2, 0) is 17.9 Å². The molecule has 0 radical (unpaired) electrons. The van der Waals surface area contributed by atoms with Crippen LogP contribution in [0.2, 0.25) is 5.02 Å². The SMILES string of the molecule is Cc1ccc(OCc2ncccc2F)cc1N1Cc2c(Cl)cccc2N(CC(=O)O)C1=O. The van der Waals surface area contributed by atoms with Crippen molar-refractivity contribution in [1.29, 1.82) is 0 Å². The summed E-state index contributed by atoms with van der Waals surface area (Å²) in [6.45, 7) is 1.41. The lowest BCUT2D eigenvalue weighted by Gasteiger charge is -2.37. The van der Waals surface area contributed by atoms with E-state index < -0.39 is 24.4 Å². The van der Waals surface area contributed by atoms with E-state index in [1.165, 1.54) is 28.1 Å². The number of aliphatic carboxylic acids is 1. The van der Waals surface area contributed by atoms with Crippen molar-refractivity contribution in [2.24, 2.45) is 0 Å². The van der Waals surface area contributed by atoms with Gasteiger partial charge in [-0.05, 0) is 42.8 Å². The molecule has 1 aliphatic heterocycles. The van der Waals surface area contributed by atoms with Gasteiger partial charge in [0.25, 0.3) is 0 Å². The number of fused-ring (bicyclic) bond motifs is 1. The van der Waals surface area contributed by atoms with Gasteiger partial charge in [-0.25, -0.2) is 9.18 Å². The number of carbonyl (C=O) groups excluding carboxylic acids is 1. The van der Waals surface area contributed by atoms with Gasteiger partial charge >= 0.3 is 12.0 Å². The summed E-state index contributed by atoms with van der Waals surface area (Å²) in [5, 5.41) is 9.77. The Morgan fingerprint density at radius 3 is 2.78 bits per heavy atom. The highest BCUT2D eigenvalue weighted by atomic mass is 35.5. The van der Waals surface area contributed by atoms with Gasteiger partial charge in [-0.3, -0.25) is 19.6 Å². The summed E-state index contributed by atoms with van der Waals surface area (Å²) in [6, 6.07) is 12.5. The Balaban J connectivity index is 1.67. The van der Waals surface area contributed by atoms with Crippen LogP contribution in [0.1, 0.15) is 16.8 Å². The van der Waals surface area contributed by atoms with Gasteiger partial charge in [0.05, 0.1) is 17.9 Å². The molecule has 0 unspecified atom stereocenters. The number of pyridine rings is 1. The first-order valence-electron chi connectivity index (χ1n) is 9.76. The third kappa shape index (κ3) is 4.22. The number of benzene rings is 2. The van der Waals surface area contributed by atoms with E-state index in [1.807, 2.05) is 6.92 Å². The minimum absolute atomic E-state index is 0.0804. The lowest BCUT2D eigenvalue weighted by atomic mass is 10.1. The normalized spacial score (nSPS) is 13.2. The molecule has 164 valence electrons. The highest BCUT2D eigenvalue weighted by Crippen LogP contribution is 2.37. The average Bonchev–Trinajstić information content (AvgIpc) is 2.76. The maximum Gasteiger partial charge on any atom is 0.329 e. The topological polar surface area (TPSA) is 83.0 Å². The van der Waals surface area contributed by atoms with Gasteiger partial charge in [-0.1, -0.05) is 23.7 Å². The quantitative estimate of drug-likeness (QED) is 0.577. The Bertz CT molecular complexity index is 1200. The Hall–Kier alpha value is -3.65. The average molecular weight is 456 g/mol. The van der Waals surface area contributed by atoms with Gasteiger partial charge in [0, 0.05) is 22.8 Å². The van der Waals surface area contributed by atoms with Gasteiger partial charge in [-0.15, -0.1) is 0 Å². The van der Waals surface area contributed by atoms with Gasteiger partial charge in [0.15, 0.2) is 0 Å². The Morgan fingerprint density at radius 1 is 1.22 bits per heavy atom. The molecule has 0 fully saturated rings. The Morgan fingerprint density at radius 2 is 2.03 bits per heavy atom. The standard InChI is InChI=1S/C23H19ClFN3O4/c1-14-7-8-15(32-13-19-18(25)5-3-9-26-19)10-21(14)27-11-16-17(24)4-2-6-20(16)28(23(27)31)12-22(29)30/h2-10H,11-13H2,1H3,(H,29,30). The van der Waals surface area contributed by atoms with Crippen molar-refractivity contribution >= 4 is 35.0 Å². The number of aryl methyl sites for hydroxylation is 1. The van der Waals surface area contributed by atoms with Crippen LogP contribution in [0.5, 0.6) is 5.75 Å². The summed E-state index contributed by atoms with van der Waals surface area (Å²) in [5.41, 5.74) is 2.60. The van der Waals surface area contributed by atoms with Crippen LogP contribution in [-0.4, -0.2) is 28.6 Å². The minimum Gasteiger partial charge on any atom is -0.487 e. The van der Waals surface area contributed by atoms with E-state index in [4.69, 9.17) is 16.3 Å². The van der Waals surface area contributed by atoms with E-state index in [0.717, 1.165) is 5.56 Å². The number of carbonyl (C=O) groups is 2. The number of amides is 2. The molecule has 0 aliphatic carbocycles. The van der Waals surface area contributed by atoms with E-state index in [9.17, 15) is 19.1 Å². The van der Waals surface area contributed by atoms with E-state index >= 15 is 0 Å². The number of hydrogen-bond acceptors (Lipinski definition) is 4. The summed E-state index contributed by atoms with van der Waals surface area (Å²) in [6.07, 6.45) is 1.48. The third-order valence-electron chi connectivity index (χ3n) is 5.14. The summed E-state index contributed by atoms with van der Waals surface area (Å²) in [7, 11) is 0. The number of halogens is 2. The molecule has 0 spiro atoms. The fourth-order valence-corrected chi connectivity index (χ4v) is 3.78. The van der Waals surface area contributed by atoms with Crippen LogP contribution in [0.3, 0.4) is 0 Å². The second kappa shape index (κ2) is 8.84. The van der Waals surface area contributed by atoms with Crippen molar-refractivity contribution in [2.75, 3.05) is 16.3 Å². The van der Waals surface area contributed by atoms with Gasteiger partial charge in [0.2, 0.25) is 0 Å². The summed E-state index contributed by atoms with van der Waals surface area (Å²) in [4.78, 5) is 31.3. The van der Waals surface area contributed by atoms with Crippen LogP contribution in [0.25, 0.3) is 0 Å². The number of ether oxygens (including phenoxy) is 1. The molecule has 0 saturated carbocycles. The highest BCUT2D eigenvalue weighted by Gasteiger charge is 2.34. The highest BCUT2D eigenvalue weighted by molar-refractivity contribution is 6.32. The fourth-order valence-electron chi connectivity index (χ4n) is 3.55. The maximum atomic E-state index is 13.8. The lowest BCUT2D eigenvalue weighted by molar-refractivity contribution is -0.135. The number of hydrogen-bond donors (Lipinski definition) is 1. The Kier molecular flexibility index (Phi) is 5.96. The van der Waals surface area contributed by atoms with Gasteiger partial charge in [-0.2, -0.15) is 0 Å². The van der Waals surface area contributed by atoms with Crippen LogP contribution >= 0.6 is 11.6 Å². The van der Waals surface area contributed by atoms with Crippen molar-refractivity contribution in [1.82, 2.24) is 4.98 Å². The molecular formula is C23H19ClFN3O4. The van der Waals surface area contributed by atoms with Crippen molar-refractivity contribution in [3.8, 4) is 5.75 Å². The van der Waals surface area contributed by atoms with Crippen LogP contribution < -0.4 is 14.5 Å². The van der Waals surface area contributed by atoms with E-state index in [0.29, 0.717) is 27.7 Å². The maximum absolute atomic E-state index is 13.8. The Labute approximate surface area is 188 Å². The largest absolute Gasteiger partial charge is 0.487 e. The first-order chi connectivity index (χ1) is 15.3. The zero-order valence-corrected chi connectivity index (χ0v) is 17.8. The van der Waals surface area contributed by atoms with Gasteiger partial charge < -0.3 is 9.84 Å². The molecule has 1 aromatic heterocycles. The molecule has 0 saturated heterocycles. The summed E-state index contributed by atoms with van der Waals surface area (Å²) < 4.78 is 19.5. The van der Waals surface area contributed by atoms with Gasteiger partial charge in [0.1, 0.15) is 30.4 Å². The molecule has 0 atom stereocenters.